The van der Waals surface area contributed by atoms with E-state index in [-0.39, 0.29) is 29.8 Å². The second-order valence-corrected chi connectivity index (χ2v) is 9.15. The molecular formula is C22H38ClF3O3. The molecule has 2 saturated carbocycles. The molecule has 0 aromatic carbocycles. The standard InChI is InChI=1S/C22H38ClF3O3/c1-2-3-4-5-6-7-14-27-21-13-12-19(15-20(21)23)29-18-10-8-17(9-11-18)28-16-22(24,25)26/h17-21H,2-16H2,1H3. The fraction of sp³-hybridized carbons (Fsp3) is 1.00. The Kier molecular flexibility index (Phi) is 11.6. The van der Waals surface area contributed by atoms with Gasteiger partial charge in [0.05, 0.1) is 29.8 Å². The second kappa shape index (κ2) is 13.4. The van der Waals surface area contributed by atoms with Gasteiger partial charge in [-0.25, -0.2) is 0 Å². The normalized spacial score (nSPS) is 31.1. The smallest absolute Gasteiger partial charge is 0.377 e. The minimum absolute atomic E-state index is 0.0275. The maximum atomic E-state index is 12.3. The fourth-order valence-corrected chi connectivity index (χ4v) is 4.70. The largest absolute Gasteiger partial charge is 0.411 e. The summed E-state index contributed by atoms with van der Waals surface area (Å²) in [6.45, 7) is 1.86. The zero-order valence-electron chi connectivity index (χ0n) is 17.7. The van der Waals surface area contributed by atoms with E-state index in [1.807, 2.05) is 0 Å². The molecule has 3 atom stereocenters. The third-order valence-electron chi connectivity index (χ3n) is 5.98. The van der Waals surface area contributed by atoms with Gasteiger partial charge in [0, 0.05) is 6.61 Å². The van der Waals surface area contributed by atoms with Gasteiger partial charge in [-0.15, -0.1) is 11.6 Å². The first-order valence-corrected chi connectivity index (χ1v) is 11.9. The summed E-state index contributed by atoms with van der Waals surface area (Å²) in [6.07, 6.45) is 8.70. The van der Waals surface area contributed by atoms with E-state index < -0.39 is 12.8 Å². The van der Waals surface area contributed by atoms with Gasteiger partial charge in [-0.05, 0) is 51.4 Å². The molecule has 7 heteroatoms. The van der Waals surface area contributed by atoms with Crippen molar-refractivity contribution in [2.45, 2.75) is 126 Å². The van der Waals surface area contributed by atoms with Crippen molar-refractivity contribution < 1.29 is 27.4 Å². The number of alkyl halides is 4. The van der Waals surface area contributed by atoms with Gasteiger partial charge in [0.15, 0.2) is 0 Å². The highest BCUT2D eigenvalue weighted by molar-refractivity contribution is 6.21. The Hall–Kier alpha value is -0.0400. The molecular weight excluding hydrogens is 405 g/mol. The predicted molar refractivity (Wildman–Crippen MR) is 110 cm³/mol. The van der Waals surface area contributed by atoms with E-state index in [2.05, 4.69) is 6.92 Å². The summed E-state index contributed by atoms with van der Waals surface area (Å²) in [4.78, 5) is 0. The maximum Gasteiger partial charge on any atom is 0.411 e. The number of hydrogen-bond acceptors (Lipinski definition) is 3. The van der Waals surface area contributed by atoms with Crippen molar-refractivity contribution in [3.8, 4) is 0 Å². The van der Waals surface area contributed by atoms with Crippen LogP contribution in [0.2, 0.25) is 0 Å². The predicted octanol–water partition coefficient (Wildman–Crippen LogP) is 6.80. The molecule has 3 unspecified atom stereocenters. The second-order valence-electron chi connectivity index (χ2n) is 8.59. The van der Waals surface area contributed by atoms with Gasteiger partial charge in [-0.3, -0.25) is 0 Å². The molecule has 0 N–H and O–H groups in total. The van der Waals surface area contributed by atoms with Crippen molar-refractivity contribution in [2.75, 3.05) is 13.2 Å². The van der Waals surface area contributed by atoms with Gasteiger partial charge in [0.2, 0.25) is 0 Å². The summed E-state index contributed by atoms with van der Waals surface area (Å²) in [5.74, 6) is 0. The lowest BCUT2D eigenvalue weighted by atomic mass is 9.92. The van der Waals surface area contributed by atoms with E-state index in [1.165, 1.54) is 32.1 Å². The van der Waals surface area contributed by atoms with E-state index >= 15 is 0 Å². The van der Waals surface area contributed by atoms with Crippen molar-refractivity contribution in [1.82, 2.24) is 0 Å². The lowest BCUT2D eigenvalue weighted by molar-refractivity contribution is -0.190. The summed E-state index contributed by atoms with van der Waals surface area (Å²) in [6, 6.07) is 0. The van der Waals surface area contributed by atoms with Gasteiger partial charge < -0.3 is 14.2 Å². The number of hydrogen-bond donors (Lipinski definition) is 0. The molecule has 29 heavy (non-hydrogen) atoms. The van der Waals surface area contributed by atoms with Crippen molar-refractivity contribution in [2.24, 2.45) is 0 Å². The highest BCUT2D eigenvalue weighted by Gasteiger charge is 2.34. The van der Waals surface area contributed by atoms with Crippen molar-refractivity contribution >= 4 is 11.6 Å². The molecule has 2 rings (SSSR count). The van der Waals surface area contributed by atoms with Crippen molar-refractivity contribution in [1.29, 1.82) is 0 Å². The molecule has 0 heterocycles. The zero-order valence-corrected chi connectivity index (χ0v) is 18.5. The molecule has 2 fully saturated rings. The fourth-order valence-electron chi connectivity index (χ4n) is 4.30. The zero-order chi connectivity index (χ0) is 21.1. The van der Waals surface area contributed by atoms with E-state index in [1.54, 1.807) is 0 Å². The van der Waals surface area contributed by atoms with Crippen LogP contribution >= 0.6 is 11.6 Å². The number of rotatable bonds is 12. The van der Waals surface area contributed by atoms with Crippen LogP contribution in [0.5, 0.6) is 0 Å². The molecule has 0 aliphatic heterocycles. The molecule has 2 aliphatic carbocycles. The summed E-state index contributed by atoms with van der Waals surface area (Å²) >= 11 is 6.55. The summed E-state index contributed by atoms with van der Waals surface area (Å²) in [7, 11) is 0. The first-order valence-electron chi connectivity index (χ1n) is 11.5. The average Bonchev–Trinajstić information content (AvgIpc) is 2.67. The van der Waals surface area contributed by atoms with Crippen LogP contribution < -0.4 is 0 Å². The van der Waals surface area contributed by atoms with Gasteiger partial charge in [-0.2, -0.15) is 13.2 Å². The van der Waals surface area contributed by atoms with E-state index in [0.717, 1.165) is 45.1 Å². The van der Waals surface area contributed by atoms with Crippen molar-refractivity contribution in [3.05, 3.63) is 0 Å². The summed E-state index contributed by atoms with van der Waals surface area (Å²) in [5, 5.41) is -0.0275. The molecule has 2 aliphatic rings. The molecule has 0 radical (unpaired) electrons. The Morgan fingerprint density at radius 3 is 2.07 bits per heavy atom. The van der Waals surface area contributed by atoms with Crippen LogP contribution in [0.3, 0.4) is 0 Å². The van der Waals surface area contributed by atoms with Gasteiger partial charge in [0.1, 0.15) is 6.61 Å². The Balaban J connectivity index is 1.54. The molecule has 0 bridgehead atoms. The molecule has 0 aromatic rings. The Morgan fingerprint density at radius 2 is 1.41 bits per heavy atom. The van der Waals surface area contributed by atoms with Gasteiger partial charge >= 0.3 is 6.18 Å². The topological polar surface area (TPSA) is 27.7 Å². The van der Waals surface area contributed by atoms with Crippen LogP contribution in [0.15, 0.2) is 0 Å². The average molecular weight is 443 g/mol. The van der Waals surface area contributed by atoms with E-state index in [0.29, 0.717) is 12.8 Å². The third-order valence-corrected chi connectivity index (χ3v) is 6.44. The summed E-state index contributed by atoms with van der Waals surface area (Å²) in [5.41, 5.74) is 0. The summed E-state index contributed by atoms with van der Waals surface area (Å²) < 4.78 is 54.0. The van der Waals surface area contributed by atoms with E-state index in [9.17, 15) is 13.2 Å². The van der Waals surface area contributed by atoms with Crippen LogP contribution in [0.4, 0.5) is 13.2 Å². The Bertz CT molecular complexity index is 428. The third kappa shape index (κ3) is 10.7. The quantitative estimate of drug-likeness (QED) is 0.246. The molecule has 3 nitrogen and oxygen atoms in total. The van der Waals surface area contributed by atoms with Crippen LogP contribution in [-0.2, 0) is 14.2 Å². The molecule has 0 saturated heterocycles. The number of ether oxygens (including phenoxy) is 3. The van der Waals surface area contributed by atoms with E-state index in [4.69, 9.17) is 25.8 Å². The van der Waals surface area contributed by atoms with Crippen molar-refractivity contribution in [3.63, 3.8) is 0 Å². The number of unbranched alkanes of at least 4 members (excludes halogenated alkanes) is 5. The van der Waals surface area contributed by atoms with Gasteiger partial charge in [-0.1, -0.05) is 39.0 Å². The highest BCUT2D eigenvalue weighted by atomic mass is 35.5. The molecule has 0 amide bonds. The highest BCUT2D eigenvalue weighted by Crippen LogP contribution is 2.32. The minimum atomic E-state index is -4.25. The Labute approximate surface area is 179 Å². The lowest BCUT2D eigenvalue weighted by Crippen LogP contribution is -2.39. The minimum Gasteiger partial charge on any atom is -0.377 e. The number of halogens is 4. The van der Waals surface area contributed by atoms with Crippen LogP contribution in [-0.4, -0.2) is 49.2 Å². The van der Waals surface area contributed by atoms with Crippen LogP contribution in [0.1, 0.15) is 90.4 Å². The monoisotopic (exact) mass is 442 g/mol. The molecule has 172 valence electrons. The lowest BCUT2D eigenvalue weighted by Gasteiger charge is -2.36. The molecule has 0 spiro atoms. The van der Waals surface area contributed by atoms with Crippen LogP contribution in [0.25, 0.3) is 0 Å². The first-order chi connectivity index (χ1) is 13.9. The van der Waals surface area contributed by atoms with Gasteiger partial charge in [0.25, 0.3) is 0 Å². The Morgan fingerprint density at radius 1 is 0.793 bits per heavy atom. The van der Waals surface area contributed by atoms with Crippen LogP contribution in [0, 0.1) is 0 Å². The first kappa shape index (κ1) is 25.2. The molecule has 0 aromatic heterocycles. The maximum absolute atomic E-state index is 12.3. The SMILES string of the molecule is CCCCCCCCOC1CCC(OC2CCC(OCC(F)(F)F)CC2)CC1Cl.